The number of benzene rings is 8. The van der Waals surface area contributed by atoms with E-state index in [4.69, 9.17) is 95.2 Å². The molecule has 0 fully saturated rings. The maximum absolute atomic E-state index is 16.2. The Morgan fingerprint density at radius 2 is 0.464 bits per heavy atom. The Labute approximate surface area is 811 Å². The number of unbranched alkanes of at least 4 members (excludes halogenated alkanes) is 16. The molecule has 16 bridgehead atoms. The van der Waals surface area contributed by atoms with E-state index in [0.29, 0.717) is 106 Å². The summed E-state index contributed by atoms with van der Waals surface area (Å²) < 4.78 is 125. The summed E-state index contributed by atoms with van der Waals surface area (Å²) in [5.41, 5.74) is 16.4. The minimum atomic E-state index is -0.799. The molecule has 22 heteroatoms. The summed E-state index contributed by atoms with van der Waals surface area (Å²) in [6.07, 6.45) is 31.0. The molecule has 0 saturated carbocycles. The Morgan fingerprint density at radius 3 is 0.703 bits per heavy atom. The fourth-order valence-corrected chi connectivity index (χ4v) is 23.0. The van der Waals surface area contributed by atoms with Crippen LogP contribution in [0.2, 0.25) is 0 Å². The van der Waals surface area contributed by atoms with Crippen molar-refractivity contribution in [3.63, 3.8) is 0 Å². The second-order valence-corrected chi connectivity index (χ2v) is 38.9. The van der Waals surface area contributed by atoms with Crippen molar-refractivity contribution in [2.24, 2.45) is 0 Å². The highest BCUT2D eigenvalue weighted by Gasteiger charge is 2.45. The molecule has 0 amide bonds. The topological polar surface area (TPSA) is 226 Å². The Kier molecular flexibility index (Phi) is 28.9. The Bertz CT molecular complexity index is 5460. The molecular formula is C116H132N2O20. The molecule has 8 aromatic carbocycles. The van der Waals surface area contributed by atoms with E-state index in [9.17, 15) is 0 Å². The number of nitrogens with zero attached hydrogens (tertiary/aromatic N) is 2. The molecule has 10 aliphatic rings. The van der Waals surface area contributed by atoms with E-state index < -0.39 is 11.9 Å². The lowest BCUT2D eigenvalue weighted by molar-refractivity contribution is 0.0662. The number of rotatable bonds is 37. The van der Waals surface area contributed by atoms with Crippen LogP contribution in [0.5, 0.6) is 103 Å². The summed E-state index contributed by atoms with van der Waals surface area (Å²) in [5, 5.41) is 0. The predicted octanol–water partition coefficient (Wildman–Crippen LogP) is 28.7. The van der Waals surface area contributed by atoms with Crippen molar-refractivity contribution in [3.8, 4) is 115 Å². The molecule has 10 heterocycles. The maximum atomic E-state index is 16.2. The van der Waals surface area contributed by atoms with Gasteiger partial charge in [-0.2, -0.15) is 0 Å². The zero-order chi connectivity index (χ0) is 94.3. The van der Waals surface area contributed by atoms with Crippen molar-refractivity contribution in [1.82, 2.24) is 9.97 Å². The van der Waals surface area contributed by atoms with Crippen LogP contribution in [-0.2, 0) is 0 Å². The second kappa shape index (κ2) is 42.6. The summed E-state index contributed by atoms with van der Waals surface area (Å²) in [7, 11) is 0. The first-order valence-corrected chi connectivity index (χ1v) is 51.9. The average Bonchev–Trinajstić information content (AvgIpc) is 0.732. The van der Waals surface area contributed by atoms with Gasteiger partial charge in [-0.1, -0.05) is 216 Å². The fourth-order valence-electron chi connectivity index (χ4n) is 23.0. The SMILES string of the molecule is CCCCC[C@@H]1c2cc3c4cc2OCOc2cc5c(cc21)[C@@H](CCCCC)c1cc2c(c(OC(=O)c6ccnc(-c7cccc(C(=O)Oc8c9c%10cc%11c8OCOc8cc%12c(cc8[C@@H]%11CCCCC)[C@@H](CCCCC)c8cc%11c(cc8OCO%12)OCOc8cc(c(cc8[C@@H]%11CCCCC)[C@H]%10CCCCC)OCO9)n7)c6)c1OCO5)OCOc1cc(c(cc1[C@@H]2CCCCC)[C@H]3CCCCC)OCO4. The first kappa shape index (κ1) is 93.4. The van der Waals surface area contributed by atoms with Crippen molar-refractivity contribution in [2.75, 3.05) is 54.3 Å². The van der Waals surface area contributed by atoms with E-state index >= 15 is 9.59 Å². The highest BCUT2D eigenvalue weighted by molar-refractivity contribution is 5.94. The normalized spacial score (nSPS) is 19.1. The zero-order valence-corrected chi connectivity index (χ0v) is 81.5. The van der Waals surface area contributed by atoms with E-state index in [1.807, 2.05) is 0 Å². The molecule has 0 saturated heterocycles. The molecule has 2 aliphatic carbocycles. The number of pyridine rings is 2. The second-order valence-electron chi connectivity index (χ2n) is 38.9. The molecular weight excluding hydrogens is 1740 g/mol. The lowest BCUT2D eigenvalue weighted by atomic mass is 9.76. The Morgan fingerprint density at radius 1 is 0.246 bits per heavy atom. The van der Waals surface area contributed by atoms with Crippen molar-refractivity contribution >= 4 is 11.9 Å². The summed E-state index contributed by atoms with van der Waals surface area (Å²) in [6.45, 7) is 16.7. The van der Waals surface area contributed by atoms with Crippen LogP contribution in [0.1, 0.15) is 418 Å². The van der Waals surface area contributed by atoms with Gasteiger partial charge in [-0.15, -0.1) is 0 Å². The monoisotopic (exact) mass is 1870 g/mol. The molecule has 8 aliphatic heterocycles. The van der Waals surface area contributed by atoms with Gasteiger partial charge in [-0.25, -0.2) is 14.6 Å². The van der Waals surface area contributed by atoms with Gasteiger partial charge in [0.05, 0.1) is 17.0 Å². The van der Waals surface area contributed by atoms with Crippen LogP contribution in [0.15, 0.2) is 121 Å². The van der Waals surface area contributed by atoms with E-state index in [1.54, 1.807) is 36.5 Å². The van der Waals surface area contributed by atoms with Crippen LogP contribution in [0, 0.1) is 0 Å². The van der Waals surface area contributed by atoms with Gasteiger partial charge in [0.2, 0.25) is 65.8 Å². The van der Waals surface area contributed by atoms with Crippen molar-refractivity contribution in [2.45, 2.75) is 308 Å². The minimum absolute atomic E-state index is 0.0463. The van der Waals surface area contributed by atoms with Gasteiger partial charge in [0.15, 0.2) is 23.0 Å². The highest BCUT2D eigenvalue weighted by atomic mass is 16.7. The van der Waals surface area contributed by atoms with E-state index in [0.717, 1.165) is 280 Å². The lowest BCUT2D eigenvalue weighted by Gasteiger charge is -2.35. The van der Waals surface area contributed by atoms with Gasteiger partial charge in [0.1, 0.15) is 74.7 Å². The maximum Gasteiger partial charge on any atom is 0.362 e. The molecule has 0 spiro atoms. The van der Waals surface area contributed by atoms with Gasteiger partial charge < -0.3 is 85.3 Å². The number of carbonyl (C=O) groups excluding carboxylic acids is 2. The van der Waals surface area contributed by atoms with Crippen LogP contribution in [0.3, 0.4) is 0 Å². The molecule has 2 aromatic heterocycles. The molecule has 0 N–H and O–H groups in total. The molecule has 10 aromatic rings. The van der Waals surface area contributed by atoms with Gasteiger partial charge in [-0.3, -0.25) is 4.98 Å². The summed E-state index contributed by atoms with van der Waals surface area (Å²) in [6, 6.07) is 39.5. The third kappa shape index (κ3) is 18.7. The van der Waals surface area contributed by atoms with Crippen LogP contribution in [-0.4, -0.2) is 76.3 Å². The lowest BCUT2D eigenvalue weighted by Crippen LogP contribution is -2.23. The third-order valence-electron chi connectivity index (χ3n) is 30.1. The van der Waals surface area contributed by atoms with Crippen LogP contribution < -0.4 is 85.3 Å². The predicted molar refractivity (Wildman–Crippen MR) is 526 cm³/mol. The quantitative estimate of drug-likeness (QED) is 0.0200. The molecule has 0 unspecified atom stereocenters. The summed E-state index contributed by atoms with van der Waals surface area (Å²) in [4.78, 5) is 42.3. The number of carbonyl (C=O) groups is 2. The van der Waals surface area contributed by atoms with E-state index in [1.165, 1.54) is 0 Å². The molecule has 138 heavy (non-hydrogen) atoms. The molecule has 8 atom stereocenters. The smallest absolute Gasteiger partial charge is 0.362 e. The average molecular weight is 1870 g/mol. The van der Waals surface area contributed by atoms with Crippen LogP contribution in [0.4, 0.5) is 0 Å². The largest absolute Gasteiger partial charge is 0.457 e. The summed E-state index contributed by atoms with van der Waals surface area (Å²) in [5.74, 6) is 5.90. The van der Waals surface area contributed by atoms with Gasteiger partial charge in [0.25, 0.3) is 0 Å². The third-order valence-corrected chi connectivity index (χ3v) is 30.1. The highest BCUT2D eigenvalue weighted by Crippen LogP contribution is 2.63. The molecule has 22 nitrogen and oxygen atoms in total. The Hall–Kier alpha value is -12.2. The standard InChI is InChI=1S/C116H132N2O20/c1-9-17-25-34-70-78-47-79-71(35-26-18-10-2)83-50-87-75(39-30-22-14-6)91-53-90-74(38-29-21-13-5)86-49-82(70)101-57-105(86)129-65-133-109(90)113(110(91)134-66-130-106(87)58-102(83)126-62-122-98(79)55-97(78)121-61-125-101)137-115(119)69-44-45-117-96(46-69)94-42-33-43-95(118-94)116(120)138-114-111-92-54-93-77(41-32-24-16-8)89-52-85-73(37-28-20-12-4)81-48-80-72(36-27-19-11-3)84-51-88(76(92)40-31-23-15-7)107(131-67-135-111)59-103(84)127-63-123-99(80)56-100(81)124-64-128-104(85)60-108(89)132-68-136-112(93)114/h33,42-60,70-77H,9-32,34-41,61-68H2,1-8H3/t70-,71+,72-,73+,74-,75+,76-,77+. The van der Waals surface area contributed by atoms with Crippen molar-refractivity contribution in [3.05, 3.63) is 222 Å². The number of esters is 2. The molecule has 726 valence electrons. The first-order valence-electron chi connectivity index (χ1n) is 51.9. The molecule has 0 radical (unpaired) electrons. The zero-order valence-electron chi connectivity index (χ0n) is 81.5. The van der Waals surface area contributed by atoms with Crippen LogP contribution in [0.25, 0.3) is 11.4 Å². The first-order chi connectivity index (χ1) is 67.9. The fraction of sp³-hybridized carbons (Fsp3) is 0.483. The van der Waals surface area contributed by atoms with Gasteiger partial charge >= 0.3 is 11.9 Å². The van der Waals surface area contributed by atoms with Gasteiger partial charge in [-0.05, 0) is 124 Å². The van der Waals surface area contributed by atoms with E-state index in [-0.39, 0.29) is 136 Å². The van der Waals surface area contributed by atoms with E-state index in [2.05, 4.69) is 140 Å². The van der Waals surface area contributed by atoms with Crippen molar-refractivity contribution < 1.29 is 94.9 Å². The number of hydrogen-bond acceptors (Lipinski definition) is 22. The molecule has 20 rings (SSSR count). The Balaban J connectivity index is 0.721. The number of ether oxygens (including phenoxy) is 18. The number of hydrogen-bond donors (Lipinski definition) is 0. The van der Waals surface area contributed by atoms with Gasteiger partial charge in [0, 0.05) is 179 Å². The number of aromatic nitrogens is 2. The van der Waals surface area contributed by atoms with Crippen LogP contribution >= 0.6 is 0 Å². The minimum Gasteiger partial charge on any atom is -0.457 e. The van der Waals surface area contributed by atoms with Crippen molar-refractivity contribution in [1.29, 1.82) is 0 Å². The summed E-state index contributed by atoms with van der Waals surface area (Å²) >= 11 is 0.